The average Bonchev–Trinajstić information content (AvgIpc) is 1.94. The van der Waals surface area contributed by atoms with Crippen molar-refractivity contribution >= 4 is 17.3 Å². The van der Waals surface area contributed by atoms with Gasteiger partial charge in [-0.25, -0.2) is 0 Å². The van der Waals surface area contributed by atoms with Crippen LogP contribution >= 0.6 is 0 Å². The highest BCUT2D eigenvalue weighted by Crippen LogP contribution is 2.05. The molecule has 0 atom stereocenters. The van der Waals surface area contributed by atoms with Crippen molar-refractivity contribution in [2.45, 2.75) is 6.92 Å². The molecule has 0 saturated heterocycles. The van der Waals surface area contributed by atoms with E-state index in [9.17, 15) is 14.4 Å². The van der Waals surface area contributed by atoms with Crippen LogP contribution in [0.5, 0.6) is 0 Å². The Morgan fingerprint density at radius 3 is 2.36 bits per heavy atom. The highest BCUT2D eigenvalue weighted by atomic mass is 16.2. The van der Waals surface area contributed by atoms with Crippen LogP contribution in [0, 0.1) is 0 Å². The molecule has 0 spiro atoms. The van der Waals surface area contributed by atoms with E-state index >= 15 is 0 Å². The molecule has 0 fully saturated rings. The van der Waals surface area contributed by atoms with E-state index in [0.717, 1.165) is 18.2 Å². The number of ketones is 3. The van der Waals surface area contributed by atoms with E-state index in [2.05, 4.69) is 0 Å². The minimum absolute atomic E-state index is 0.0301. The fourth-order valence-corrected chi connectivity index (χ4v) is 0.784. The zero-order valence-corrected chi connectivity index (χ0v) is 5.96. The van der Waals surface area contributed by atoms with Crippen LogP contribution in [0.15, 0.2) is 23.8 Å². The largest absolute Gasteiger partial charge is 0.294 e. The molecule has 11 heavy (non-hydrogen) atoms. The maximum Gasteiger partial charge on any atom is 0.189 e. The Labute approximate surface area is 63.4 Å². The first-order chi connectivity index (χ1) is 5.11. The van der Waals surface area contributed by atoms with E-state index in [1.807, 2.05) is 0 Å². The van der Waals surface area contributed by atoms with Gasteiger partial charge < -0.3 is 0 Å². The summed E-state index contributed by atoms with van der Waals surface area (Å²) in [4.78, 5) is 32.2. The molecule has 3 heteroatoms. The summed E-state index contributed by atoms with van der Waals surface area (Å²) in [6, 6.07) is 0. The van der Waals surface area contributed by atoms with Gasteiger partial charge in [0.25, 0.3) is 0 Å². The van der Waals surface area contributed by atoms with Crippen molar-refractivity contribution in [3.8, 4) is 0 Å². The molecule has 0 aromatic carbocycles. The van der Waals surface area contributed by atoms with Gasteiger partial charge in [0.1, 0.15) is 0 Å². The Bertz CT molecular complexity index is 294. The predicted molar refractivity (Wildman–Crippen MR) is 37.9 cm³/mol. The summed E-state index contributed by atoms with van der Waals surface area (Å²) in [7, 11) is 0. The Morgan fingerprint density at radius 1 is 1.27 bits per heavy atom. The zero-order valence-electron chi connectivity index (χ0n) is 5.96. The van der Waals surface area contributed by atoms with Crippen LogP contribution in [0.3, 0.4) is 0 Å². The molecule has 0 N–H and O–H groups in total. The lowest BCUT2D eigenvalue weighted by Crippen LogP contribution is -2.13. The number of rotatable bonds is 1. The van der Waals surface area contributed by atoms with Crippen molar-refractivity contribution in [1.82, 2.24) is 0 Å². The van der Waals surface area contributed by atoms with E-state index in [-0.39, 0.29) is 17.1 Å². The first-order valence-electron chi connectivity index (χ1n) is 3.10. The number of hydrogen-bond acceptors (Lipinski definition) is 3. The minimum atomic E-state index is -0.392. The van der Waals surface area contributed by atoms with E-state index in [1.54, 1.807) is 0 Å². The Balaban J connectivity index is 3.03. The van der Waals surface area contributed by atoms with E-state index in [1.165, 1.54) is 6.92 Å². The second-order valence-electron chi connectivity index (χ2n) is 2.21. The molecule has 0 aromatic heterocycles. The van der Waals surface area contributed by atoms with Gasteiger partial charge >= 0.3 is 0 Å². The molecule has 1 aliphatic rings. The van der Waals surface area contributed by atoms with Gasteiger partial charge in [0.05, 0.1) is 5.57 Å². The van der Waals surface area contributed by atoms with Crippen LogP contribution in [0.4, 0.5) is 0 Å². The summed E-state index contributed by atoms with van der Waals surface area (Å²) in [6.45, 7) is 1.26. The lowest BCUT2D eigenvalue weighted by atomic mass is 10.0. The number of Topliss-reactive ketones (excluding diaryl/α,β-unsaturated/α-hetero) is 1. The summed E-state index contributed by atoms with van der Waals surface area (Å²) in [5, 5.41) is 0. The van der Waals surface area contributed by atoms with Crippen molar-refractivity contribution in [3.05, 3.63) is 23.8 Å². The number of carbonyl (C=O) groups excluding carboxylic acids is 3. The highest BCUT2D eigenvalue weighted by Gasteiger charge is 2.16. The standard InChI is InChI=1S/C8H6O3/c1-5(9)7-4-6(10)2-3-8(7)11/h2-4H,1H3. The van der Waals surface area contributed by atoms with Crippen LogP contribution in [-0.2, 0) is 14.4 Å². The first kappa shape index (κ1) is 7.60. The molecule has 0 bridgehead atoms. The molecule has 0 unspecified atom stereocenters. The molecular formula is C8H6O3. The molecule has 0 heterocycles. The zero-order chi connectivity index (χ0) is 8.43. The maximum atomic E-state index is 10.9. The summed E-state index contributed by atoms with van der Waals surface area (Å²) < 4.78 is 0. The molecule has 0 aliphatic heterocycles. The van der Waals surface area contributed by atoms with Crippen LogP contribution in [0.2, 0.25) is 0 Å². The first-order valence-corrected chi connectivity index (χ1v) is 3.10. The summed E-state index contributed by atoms with van der Waals surface area (Å²) in [5.74, 6) is -1.07. The van der Waals surface area contributed by atoms with Crippen molar-refractivity contribution in [2.75, 3.05) is 0 Å². The third-order valence-electron chi connectivity index (χ3n) is 1.33. The van der Waals surface area contributed by atoms with Gasteiger partial charge in [0.2, 0.25) is 0 Å². The SMILES string of the molecule is CC(=O)C1=CC(=O)C=CC1=O. The van der Waals surface area contributed by atoms with Crippen LogP contribution in [-0.4, -0.2) is 17.3 Å². The molecule has 0 saturated carbocycles. The minimum Gasteiger partial charge on any atom is -0.294 e. The lowest BCUT2D eigenvalue weighted by molar-refractivity contribution is -0.119. The monoisotopic (exact) mass is 150 g/mol. The molecular weight excluding hydrogens is 144 g/mol. The Hall–Kier alpha value is -1.51. The second-order valence-corrected chi connectivity index (χ2v) is 2.21. The number of carbonyl (C=O) groups is 3. The molecule has 1 aliphatic carbocycles. The smallest absolute Gasteiger partial charge is 0.189 e. The van der Waals surface area contributed by atoms with Crippen molar-refractivity contribution in [1.29, 1.82) is 0 Å². The number of allylic oxidation sites excluding steroid dienone is 4. The van der Waals surface area contributed by atoms with Gasteiger partial charge in [-0.1, -0.05) is 0 Å². The van der Waals surface area contributed by atoms with Gasteiger partial charge in [0, 0.05) is 6.08 Å². The predicted octanol–water partition coefficient (Wildman–Crippen LogP) is 0.210. The van der Waals surface area contributed by atoms with Crippen molar-refractivity contribution < 1.29 is 14.4 Å². The van der Waals surface area contributed by atoms with Crippen LogP contribution in [0.25, 0.3) is 0 Å². The van der Waals surface area contributed by atoms with Gasteiger partial charge in [-0.3, -0.25) is 14.4 Å². The van der Waals surface area contributed by atoms with Gasteiger partial charge in [-0.2, -0.15) is 0 Å². The number of hydrogen-bond donors (Lipinski definition) is 0. The second kappa shape index (κ2) is 2.62. The fraction of sp³-hybridized carbons (Fsp3) is 0.125. The summed E-state index contributed by atoms with van der Waals surface area (Å²) in [5.41, 5.74) is -0.0301. The van der Waals surface area contributed by atoms with E-state index < -0.39 is 5.78 Å². The molecule has 3 nitrogen and oxygen atoms in total. The Kier molecular flexibility index (Phi) is 1.81. The fourth-order valence-electron chi connectivity index (χ4n) is 0.784. The van der Waals surface area contributed by atoms with Gasteiger partial charge in [0.15, 0.2) is 17.3 Å². The molecule has 0 amide bonds. The molecule has 0 aromatic rings. The van der Waals surface area contributed by atoms with Crippen LogP contribution in [0.1, 0.15) is 6.92 Å². The topological polar surface area (TPSA) is 51.2 Å². The average molecular weight is 150 g/mol. The summed E-state index contributed by atoms with van der Waals surface area (Å²) >= 11 is 0. The van der Waals surface area contributed by atoms with Crippen LogP contribution < -0.4 is 0 Å². The molecule has 1 rings (SSSR count). The maximum absolute atomic E-state index is 10.9. The summed E-state index contributed by atoms with van der Waals surface area (Å²) in [6.07, 6.45) is 3.32. The quantitative estimate of drug-likeness (QED) is 0.396. The molecule has 56 valence electrons. The Morgan fingerprint density at radius 2 is 1.91 bits per heavy atom. The van der Waals surface area contributed by atoms with Gasteiger partial charge in [-0.15, -0.1) is 0 Å². The lowest BCUT2D eigenvalue weighted by Gasteiger charge is -2.00. The van der Waals surface area contributed by atoms with Crippen molar-refractivity contribution in [2.24, 2.45) is 0 Å². The van der Waals surface area contributed by atoms with Gasteiger partial charge in [-0.05, 0) is 19.1 Å². The highest BCUT2D eigenvalue weighted by molar-refractivity contribution is 6.30. The molecule has 0 radical (unpaired) electrons. The third kappa shape index (κ3) is 1.49. The normalized spacial score (nSPS) is 16.6. The van der Waals surface area contributed by atoms with E-state index in [4.69, 9.17) is 0 Å². The van der Waals surface area contributed by atoms with Crippen molar-refractivity contribution in [3.63, 3.8) is 0 Å². The van der Waals surface area contributed by atoms with E-state index in [0.29, 0.717) is 0 Å². The third-order valence-corrected chi connectivity index (χ3v) is 1.33.